The lowest BCUT2D eigenvalue weighted by atomic mass is 9.95. The maximum atomic E-state index is 5.67. The van der Waals surface area contributed by atoms with Crippen LogP contribution in [-0.4, -0.2) is 12.0 Å². The van der Waals surface area contributed by atoms with E-state index in [2.05, 4.69) is 36.3 Å². The van der Waals surface area contributed by atoms with Gasteiger partial charge in [-0.2, -0.15) is 0 Å². The lowest BCUT2D eigenvalue weighted by molar-refractivity contribution is 0.445. The summed E-state index contributed by atoms with van der Waals surface area (Å²) in [5, 5.41) is 3.91. The predicted molar refractivity (Wildman–Crippen MR) is 66.1 cm³/mol. The highest BCUT2D eigenvalue weighted by atomic mass is 32.1. The molecule has 80 valence electrons. The lowest BCUT2D eigenvalue weighted by Crippen LogP contribution is -2.32. The van der Waals surface area contributed by atoms with E-state index in [1.165, 1.54) is 16.9 Å². The van der Waals surface area contributed by atoms with Crippen molar-refractivity contribution in [2.24, 2.45) is 0 Å². The van der Waals surface area contributed by atoms with E-state index in [4.69, 9.17) is 5.73 Å². The molecule has 0 aliphatic heterocycles. The van der Waals surface area contributed by atoms with Crippen LogP contribution in [0.3, 0.4) is 0 Å². The Balaban J connectivity index is 2.55. The zero-order valence-electron chi connectivity index (χ0n) is 9.16. The van der Waals surface area contributed by atoms with Crippen molar-refractivity contribution < 1.29 is 0 Å². The molecule has 0 atom stereocenters. The number of thiazole rings is 1. The molecule has 0 aliphatic rings. The Morgan fingerprint density at radius 1 is 1.40 bits per heavy atom. The summed E-state index contributed by atoms with van der Waals surface area (Å²) >= 11 is 1.53. The van der Waals surface area contributed by atoms with Gasteiger partial charge >= 0.3 is 0 Å². The normalized spacial score (nSPS) is 12.2. The Bertz CT molecular complexity index is 488. The smallest absolute Gasteiger partial charge is 0.181 e. The summed E-state index contributed by atoms with van der Waals surface area (Å²) in [4.78, 5) is 4.24. The predicted octanol–water partition coefficient (Wildman–Crippen LogP) is 2.33. The molecule has 0 amide bonds. The molecule has 0 bridgehead atoms. The molecular weight excluding hydrogens is 206 g/mol. The van der Waals surface area contributed by atoms with Crippen molar-refractivity contribution in [2.45, 2.75) is 19.4 Å². The highest BCUT2D eigenvalue weighted by Gasteiger charge is 2.18. The van der Waals surface area contributed by atoms with E-state index in [0.717, 1.165) is 10.2 Å². The van der Waals surface area contributed by atoms with Gasteiger partial charge in [0.1, 0.15) is 0 Å². The zero-order chi connectivity index (χ0) is 11.1. The summed E-state index contributed by atoms with van der Waals surface area (Å²) in [6, 6.07) is 6.27. The molecule has 2 rings (SSSR count). The van der Waals surface area contributed by atoms with E-state index in [-0.39, 0.29) is 5.54 Å². The Hall–Kier alpha value is -1.13. The van der Waals surface area contributed by atoms with Crippen LogP contribution >= 0.6 is 11.3 Å². The molecule has 0 fully saturated rings. The molecule has 2 aromatic rings. The van der Waals surface area contributed by atoms with E-state index in [1.807, 2.05) is 13.1 Å². The van der Waals surface area contributed by atoms with Gasteiger partial charge in [0.05, 0.1) is 10.2 Å². The van der Waals surface area contributed by atoms with E-state index in [1.54, 1.807) is 0 Å². The van der Waals surface area contributed by atoms with Crippen LogP contribution in [0.4, 0.5) is 5.13 Å². The van der Waals surface area contributed by atoms with Gasteiger partial charge in [0.15, 0.2) is 5.13 Å². The van der Waals surface area contributed by atoms with E-state index >= 15 is 0 Å². The second-order valence-corrected chi connectivity index (χ2v) is 5.17. The van der Waals surface area contributed by atoms with Crippen LogP contribution < -0.4 is 11.1 Å². The van der Waals surface area contributed by atoms with Crippen LogP contribution in [0.5, 0.6) is 0 Å². The van der Waals surface area contributed by atoms with Gasteiger partial charge in [-0.15, -0.1) is 0 Å². The summed E-state index contributed by atoms with van der Waals surface area (Å²) in [6.07, 6.45) is 0. The third kappa shape index (κ3) is 1.82. The quantitative estimate of drug-likeness (QED) is 0.818. The number of nitrogens with two attached hydrogens (primary N) is 1. The van der Waals surface area contributed by atoms with E-state index < -0.39 is 0 Å². The third-order valence-corrected chi connectivity index (χ3v) is 3.60. The van der Waals surface area contributed by atoms with Crippen molar-refractivity contribution in [1.29, 1.82) is 0 Å². The van der Waals surface area contributed by atoms with Crippen molar-refractivity contribution in [3.63, 3.8) is 0 Å². The Morgan fingerprint density at radius 3 is 2.80 bits per heavy atom. The highest BCUT2D eigenvalue weighted by molar-refractivity contribution is 7.22. The molecular formula is C11H15N3S. The highest BCUT2D eigenvalue weighted by Crippen LogP contribution is 2.28. The molecule has 1 heterocycles. The average molecular weight is 221 g/mol. The van der Waals surface area contributed by atoms with Gasteiger partial charge in [0.2, 0.25) is 0 Å². The summed E-state index contributed by atoms with van der Waals surface area (Å²) < 4.78 is 1.15. The fourth-order valence-electron chi connectivity index (χ4n) is 1.48. The number of hydrogen-bond donors (Lipinski definition) is 2. The summed E-state index contributed by atoms with van der Waals surface area (Å²) in [6.45, 7) is 4.30. The maximum Gasteiger partial charge on any atom is 0.181 e. The SMILES string of the molecule is CNC(C)(C)c1ccc2nc(N)sc2c1. The summed E-state index contributed by atoms with van der Waals surface area (Å²) in [5.41, 5.74) is 7.88. The van der Waals surface area contributed by atoms with E-state index in [0.29, 0.717) is 5.13 Å². The molecule has 0 unspecified atom stereocenters. The number of nitrogens with zero attached hydrogens (tertiary/aromatic N) is 1. The summed E-state index contributed by atoms with van der Waals surface area (Å²) in [7, 11) is 1.96. The number of fused-ring (bicyclic) bond motifs is 1. The van der Waals surface area contributed by atoms with Crippen molar-refractivity contribution in [3.8, 4) is 0 Å². The number of rotatable bonds is 2. The molecule has 0 spiro atoms. The minimum Gasteiger partial charge on any atom is -0.375 e. The molecule has 0 saturated carbocycles. The average Bonchev–Trinajstić information content (AvgIpc) is 2.56. The number of nitrogens with one attached hydrogen (secondary N) is 1. The number of aromatic nitrogens is 1. The van der Waals surface area contributed by atoms with Gasteiger partial charge in [0, 0.05) is 5.54 Å². The number of anilines is 1. The molecule has 1 aromatic heterocycles. The van der Waals surface area contributed by atoms with Gasteiger partial charge in [-0.3, -0.25) is 0 Å². The van der Waals surface area contributed by atoms with Gasteiger partial charge in [0.25, 0.3) is 0 Å². The van der Waals surface area contributed by atoms with Crippen molar-refractivity contribution in [1.82, 2.24) is 10.3 Å². The second kappa shape index (κ2) is 3.47. The molecule has 15 heavy (non-hydrogen) atoms. The van der Waals surface area contributed by atoms with Crippen LogP contribution in [0.2, 0.25) is 0 Å². The van der Waals surface area contributed by atoms with Crippen LogP contribution in [-0.2, 0) is 5.54 Å². The fraction of sp³-hybridized carbons (Fsp3) is 0.364. The molecule has 0 aliphatic carbocycles. The van der Waals surface area contributed by atoms with Gasteiger partial charge < -0.3 is 11.1 Å². The van der Waals surface area contributed by atoms with Crippen molar-refractivity contribution in [2.75, 3.05) is 12.8 Å². The number of nitrogen functional groups attached to an aromatic ring is 1. The maximum absolute atomic E-state index is 5.67. The molecule has 4 heteroatoms. The van der Waals surface area contributed by atoms with Gasteiger partial charge in [-0.25, -0.2) is 4.98 Å². The van der Waals surface area contributed by atoms with Crippen LogP contribution in [0.1, 0.15) is 19.4 Å². The number of benzene rings is 1. The van der Waals surface area contributed by atoms with Gasteiger partial charge in [-0.1, -0.05) is 17.4 Å². The fourth-order valence-corrected chi connectivity index (χ4v) is 2.25. The standard InChI is InChI=1S/C11H15N3S/c1-11(2,13-3)7-4-5-8-9(6-7)15-10(12)14-8/h4-6,13H,1-3H3,(H2,12,14). The molecule has 0 radical (unpaired) electrons. The first kappa shape index (κ1) is 10.4. The third-order valence-electron chi connectivity index (χ3n) is 2.75. The second-order valence-electron chi connectivity index (χ2n) is 4.11. The monoisotopic (exact) mass is 221 g/mol. The van der Waals surface area contributed by atoms with Crippen LogP contribution in [0.15, 0.2) is 18.2 Å². The first-order valence-corrected chi connectivity index (χ1v) is 5.70. The topological polar surface area (TPSA) is 50.9 Å². The van der Waals surface area contributed by atoms with E-state index in [9.17, 15) is 0 Å². The summed E-state index contributed by atoms with van der Waals surface area (Å²) in [5.74, 6) is 0. The van der Waals surface area contributed by atoms with Crippen LogP contribution in [0.25, 0.3) is 10.2 Å². The Kier molecular flexibility index (Phi) is 2.40. The Labute approximate surface area is 93.3 Å². The van der Waals surface area contributed by atoms with Crippen molar-refractivity contribution >= 4 is 26.7 Å². The molecule has 3 N–H and O–H groups in total. The molecule has 1 aromatic carbocycles. The zero-order valence-corrected chi connectivity index (χ0v) is 9.98. The van der Waals surface area contributed by atoms with Gasteiger partial charge in [-0.05, 0) is 38.6 Å². The van der Waals surface area contributed by atoms with Crippen LogP contribution in [0, 0.1) is 0 Å². The minimum atomic E-state index is -0.0209. The Morgan fingerprint density at radius 2 is 2.13 bits per heavy atom. The minimum absolute atomic E-state index is 0.0209. The molecule has 3 nitrogen and oxygen atoms in total. The number of hydrogen-bond acceptors (Lipinski definition) is 4. The largest absolute Gasteiger partial charge is 0.375 e. The first-order chi connectivity index (χ1) is 7.03. The first-order valence-electron chi connectivity index (χ1n) is 4.88. The molecule has 0 saturated heterocycles. The lowest BCUT2D eigenvalue weighted by Gasteiger charge is -2.24. The van der Waals surface area contributed by atoms with Crippen molar-refractivity contribution in [3.05, 3.63) is 23.8 Å².